The number of aliphatic hydroxyl groups is 4. The van der Waals surface area contributed by atoms with Gasteiger partial charge in [0.05, 0.1) is 18.2 Å². The molecule has 1 aliphatic carbocycles. The Hall–Kier alpha value is -2.75. The second kappa shape index (κ2) is 10.9. The SMILES string of the molecule is COC1(C#Cc2ccc(Cc3cc([C@@H]4O[C@H](CO)[C@@H](O)[C@H](O)[C@H]4O)ccc3C#N)cc2)CCCC1. The minimum Gasteiger partial charge on any atom is -0.394 e. The summed E-state index contributed by atoms with van der Waals surface area (Å²) in [6, 6.07) is 15.1. The molecule has 184 valence electrons. The van der Waals surface area contributed by atoms with Gasteiger partial charge in [-0.25, -0.2) is 0 Å². The first-order valence-electron chi connectivity index (χ1n) is 11.9. The molecule has 4 rings (SSSR count). The van der Waals surface area contributed by atoms with Crippen LogP contribution in [0, 0.1) is 23.2 Å². The van der Waals surface area contributed by atoms with Crippen LogP contribution in [0.15, 0.2) is 42.5 Å². The predicted octanol–water partition coefficient (Wildman–Crippen LogP) is 1.97. The highest BCUT2D eigenvalue weighted by Gasteiger charge is 2.44. The monoisotopic (exact) mass is 477 g/mol. The number of ether oxygens (including phenoxy) is 2. The van der Waals surface area contributed by atoms with Gasteiger partial charge in [0.25, 0.3) is 0 Å². The van der Waals surface area contributed by atoms with E-state index in [1.54, 1.807) is 25.3 Å². The normalized spacial score (nSPS) is 27.6. The quantitative estimate of drug-likeness (QED) is 0.486. The minimum atomic E-state index is -1.46. The van der Waals surface area contributed by atoms with Crippen molar-refractivity contribution < 1.29 is 29.9 Å². The van der Waals surface area contributed by atoms with Crippen molar-refractivity contribution in [2.45, 2.75) is 68.2 Å². The van der Waals surface area contributed by atoms with E-state index in [9.17, 15) is 25.7 Å². The summed E-state index contributed by atoms with van der Waals surface area (Å²) in [7, 11) is 1.72. The molecule has 35 heavy (non-hydrogen) atoms. The molecule has 0 aromatic heterocycles. The van der Waals surface area contributed by atoms with E-state index < -0.39 is 37.1 Å². The molecule has 7 nitrogen and oxygen atoms in total. The molecule has 0 amide bonds. The fraction of sp³-hybridized carbons (Fsp3) is 0.464. The molecule has 2 aliphatic rings. The smallest absolute Gasteiger partial charge is 0.128 e. The Labute approximate surface area is 205 Å². The molecule has 1 heterocycles. The van der Waals surface area contributed by atoms with Gasteiger partial charge in [-0.05, 0) is 67.0 Å². The number of nitriles is 1. The average Bonchev–Trinajstić information content (AvgIpc) is 3.37. The van der Waals surface area contributed by atoms with Gasteiger partial charge in [-0.1, -0.05) is 36.1 Å². The summed E-state index contributed by atoms with van der Waals surface area (Å²) in [5, 5.41) is 49.7. The van der Waals surface area contributed by atoms with Crippen LogP contribution in [0.1, 0.15) is 59.6 Å². The molecule has 2 fully saturated rings. The third-order valence-corrected chi connectivity index (χ3v) is 7.06. The molecule has 1 saturated heterocycles. The van der Waals surface area contributed by atoms with Crippen LogP contribution in [0.5, 0.6) is 0 Å². The summed E-state index contributed by atoms with van der Waals surface area (Å²) in [6.45, 7) is -0.495. The van der Waals surface area contributed by atoms with Gasteiger partial charge in [-0.15, -0.1) is 0 Å². The van der Waals surface area contributed by atoms with Crippen LogP contribution in [-0.4, -0.2) is 64.2 Å². The Kier molecular flexibility index (Phi) is 7.88. The lowest BCUT2D eigenvalue weighted by Crippen LogP contribution is -2.55. The van der Waals surface area contributed by atoms with Crippen LogP contribution in [0.4, 0.5) is 0 Å². The van der Waals surface area contributed by atoms with Crippen molar-refractivity contribution in [1.29, 1.82) is 5.26 Å². The van der Waals surface area contributed by atoms with E-state index in [0.29, 0.717) is 17.5 Å². The summed E-state index contributed by atoms with van der Waals surface area (Å²) in [5.41, 5.74) is 3.33. The standard InChI is InChI=1S/C28H31NO6/c1-34-28(11-2-3-12-28)13-10-18-4-6-19(7-5-18)14-22-15-20(8-9-21(22)16-29)27-26(33)25(32)24(31)23(17-30)35-27/h4-9,15,23-27,30-33H,2-3,11-12,14,17H2,1H3/t23-,24-,25+,26-,27+/m1/s1. The largest absolute Gasteiger partial charge is 0.394 e. The summed E-state index contributed by atoms with van der Waals surface area (Å²) in [5.74, 6) is 6.53. The summed E-state index contributed by atoms with van der Waals surface area (Å²) in [6.07, 6.45) is -1.54. The van der Waals surface area contributed by atoms with Crippen molar-refractivity contribution in [3.8, 4) is 17.9 Å². The van der Waals surface area contributed by atoms with Crippen molar-refractivity contribution in [2.24, 2.45) is 0 Å². The molecule has 1 saturated carbocycles. The zero-order valence-corrected chi connectivity index (χ0v) is 19.7. The zero-order valence-electron chi connectivity index (χ0n) is 19.7. The number of hydrogen-bond acceptors (Lipinski definition) is 7. The number of nitrogens with zero attached hydrogens (tertiary/aromatic N) is 1. The minimum absolute atomic E-state index is 0.342. The van der Waals surface area contributed by atoms with E-state index in [-0.39, 0.29) is 5.60 Å². The van der Waals surface area contributed by atoms with Gasteiger partial charge in [-0.2, -0.15) is 5.26 Å². The summed E-state index contributed by atoms with van der Waals surface area (Å²) >= 11 is 0. The van der Waals surface area contributed by atoms with Crippen molar-refractivity contribution in [3.05, 3.63) is 70.3 Å². The third kappa shape index (κ3) is 5.42. The topological polar surface area (TPSA) is 123 Å². The lowest BCUT2D eigenvalue weighted by atomic mass is 9.89. The highest BCUT2D eigenvalue weighted by molar-refractivity contribution is 5.45. The van der Waals surface area contributed by atoms with Gasteiger partial charge in [0, 0.05) is 12.7 Å². The van der Waals surface area contributed by atoms with E-state index in [1.165, 1.54) is 0 Å². The molecule has 0 radical (unpaired) electrons. The first-order valence-corrected chi connectivity index (χ1v) is 11.9. The number of hydrogen-bond donors (Lipinski definition) is 4. The van der Waals surface area contributed by atoms with E-state index >= 15 is 0 Å². The van der Waals surface area contributed by atoms with E-state index in [4.69, 9.17) is 9.47 Å². The third-order valence-electron chi connectivity index (χ3n) is 7.06. The zero-order chi connectivity index (χ0) is 25.0. The maximum Gasteiger partial charge on any atom is 0.128 e. The van der Waals surface area contributed by atoms with Crippen molar-refractivity contribution in [1.82, 2.24) is 0 Å². The van der Waals surface area contributed by atoms with Gasteiger partial charge in [0.15, 0.2) is 0 Å². The molecule has 2 aromatic carbocycles. The second-order valence-electron chi connectivity index (χ2n) is 9.31. The highest BCUT2D eigenvalue weighted by Crippen LogP contribution is 2.34. The molecular weight excluding hydrogens is 446 g/mol. The maximum absolute atomic E-state index is 10.5. The fourth-order valence-corrected chi connectivity index (χ4v) is 4.86. The van der Waals surface area contributed by atoms with E-state index in [2.05, 4.69) is 17.9 Å². The van der Waals surface area contributed by atoms with Gasteiger partial charge in [0.2, 0.25) is 0 Å². The second-order valence-corrected chi connectivity index (χ2v) is 9.31. The Morgan fingerprint density at radius 3 is 2.37 bits per heavy atom. The molecule has 0 spiro atoms. The number of methoxy groups -OCH3 is 1. The molecule has 7 heteroatoms. The van der Waals surface area contributed by atoms with Crippen LogP contribution in [0.2, 0.25) is 0 Å². The van der Waals surface area contributed by atoms with Crippen LogP contribution in [0.25, 0.3) is 0 Å². The van der Waals surface area contributed by atoms with Crippen molar-refractivity contribution in [3.63, 3.8) is 0 Å². The summed E-state index contributed by atoms with van der Waals surface area (Å²) in [4.78, 5) is 0. The lowest BCUT2D eigenvalue weighted by Gasteiger charge is -2.40. The summed E-state index contributed by atoms with van der Waals surface area (Å²) < 4.78 is 11.3. The molecule has 0 unspecified atom stereocenters. The average molecular weight is 478 g/mol. The number of aliphatic hydroxyl groups excluding tert-OH is 4. The van der Waals surface area contributed by atoms with Crippen molar-refractivity contribution >= 4 is 0 Å². The molecule has 2 aromatic rings. The molecular formula is C28H31NO6. The maximum atomic E-state index is 10.5. The predicted molar refractivity (Wildman–Crippen MR) is 128 cm³/mol. The van der Waals surface area contributed by atoms with Gasteiger partial charge < -0.3 is 29.9 Å². The first-order chi connectivity index (χ1) is 16.9. The van der Waals surface area contributed by atoms with Crippen molar-refractivity contribution in [2.75, 3.05) is 13.7 Å². The van der Waals surface area contributed by atoms with Gasteiger partial charge in [-0.3, -0.25) is 0 Å². The lowest BCUT2D eigenvalue weighted by molar-refractivity contribution is -0.231. The number of rotatable bonds is 5. The molecule has 5 atom stereocenters. The van der Waals surface area contributed by atoms with Crippen LogP contribution in [-0.2, 0) is 15.9 Å². The van der Waals surface area contributed by atoms with E-state index in [0.717, 1.165) is 42.4 Å². The Morgan fingerprint density at radius 2 is 1.74 bits per heavy atom. The Morgan fingerprint density at radius 1 is 1.03 bits per heavy atom. The number of benzene rings is 2. The Bertz CT molecular complexity index is 1120. The van der Waals surface area contributed by atoms with Crippen LogP contribution < -0.4 is 0 Å². The first kappa shape index (κ1) is 25.3. The fourth-order valence-electron chi connectivity index (χ4n) is 4.86. The van der Waals surface area contributed by atoms with Gasteiger partial charge in [0.1, 0.15) is 36.1 Å². The van der Waals surface area contributed by atoms with Crippen LogP contribution >= 0.6 is 0 Å². The molecule has 1 aliphatic heterocycles. The molecule has 4 N–H and O–H groups in total. The van der Waals surface area contributed by atoms with Crippen LogP contribution in [0.3, 0.4) is 0 Å². The molecule has 0 bridgehead atoms. The highest BCUT2D eigenvalue weighted by atomic mass is 16.5. The Balaban J connectivity index is 1.54. The van der Waals surface area contributed by atoms with Gasteiger partial charge >= 0.3 is 0 Å². The van der Waals surface area contributed by atoms with E-state index in [1.807, 2.05) is 24.3 Å².